The number of hydrogen-bond donors (Lipinski definition) is 2. The van der Waals surface area contributed by atoms with Gasteiger partial charge in [0.2, 0.25) is 11.8 Å². The number of carbonyl (C=O) groups is 2. The van der Waals surface area contributed by atoms with E-state index in [0.29, 0.717) is 13.0 Å². The summed E-state index contributed by atoms with van der Waals surface area (Å²) in [5.74, 6) is 0.209. The van der Waals surface area contributed by atoms with Gasteiger partial charge in [0.25, 0.3) is 0 Å². The van der Waals surface area contributed by atoms with Gasteiger partial charge in [-0.15, -0.1) is 0 Å². The van der Waals surface area contributed by atoms with Crippen molar-refractivity contribution >= 4 is 11.8 Å². The van der Waals surface area contributed by atoms with Crippen molar-refractivity contribution in [2.45, 2.75) is 45.6 Å². The van der Waals surface area contributed by atoms with Crippen LogP contribution >= 0.6 is 0 Å². The highest BCUT2D eigenvalue weighted by Crippen LogP contribution is 2.14. The number of carbonyl (C=O) groups excluding carboxylic acids is 2. The summed E-state index contributed by atoms with van der Waals surface area (Å²) in [4.78, 5) is 25.3. The molecule has 0 aromatic rings. The van der Waals surface area contributed by atoms with Gasteiger partial charge in [-0.2, -0.15) is 0 Å². The first-order valence-corrected chi connectivity index (χ1v) is 6.90. The molecule has 1 fully saturated rings. The topological polar surface area (TPSA) is 75.4 Å². The van der Waals surface area contributed by atoms with Gasteiger partial charge in [0, 0.05) is 32.1 Å². The summed E-state index contributed by atoms with van der Waals surface area (Å²) in [5.41, 5.74) is 5.60. The Morgan fingerprint density at radius 1 is 1.33 bits per heavy atom. The average Bonchev–Trinajstić information content (AvgIpc) is 2.40. The van der Waals surface area contributed by atoms with Crippen molar-refractivity contribution in [3.63, 3.8) is 0 Å². The molecule has 1 aliphatic rings. The highest BCUT2D eigenvalue weighted by atomic mass is 16.2. The normalized spacial score (nSPS) is 18.5. The summed E-state index contributed by atoms with van der Waals surface area (Å²) < 4.78 is 0. The molecule has 5 heteroatoms. The first-order chi connectivity index (χ1) is 8.62. The van der Waals surface area contributed by atoms with E-state index in [9.17, 15) is 9.59 Å². The lowest BCUT2D eigenvalue weighted by atomic mass is 10.0. The fourth-order valence-electron chi connectivity index (χ4n) is 2.27. The SMILES string of the molecule is CCC(=O)NC1CCN(C(=O)C(CC)CN)CC1. The standard InChI is InChI=1S/C13H25N3O2/c1-3-10(9-14)13(18)16-7-5-11(6-8-16)15-12(17)4-2/h10-11H,3-9,14H2,1-2H3,(H,15,17). The first kappa shape index (κ1) is 15.0. The van der Waals surface area contributed by atoms with Gasteiger partial charge in [0.05, 0.1) is 5.92 Å². The fourth-order valence-corrected chi connectivity index (χ4v) is 2.27. The number of nitrogens with two attached hydrogens (primary N) is 1. The zero-order chi connectivity index (χ0) is 13.5. The Morgan fingerprint density at radius 2 is 1.94 bits per heavy atom. The van der Waals surface area contributed by atoms with Crippen molar-refractivity contribution in [2.75, 3.05) is 19.6 Å². The van der Waals surface area contributed by atoms with Gasteiger partial charge in [0.1, 0.15) is 0 Å². The van der Waals surface area contributed by atoms with Crippen LogP contribution in [0.4, 0.5) is 0 Å². The Morgan fingerprint density at radius 3 is 2.39 bits per heavy atom. The number of nitrogens with zero attached hydrogens (tertiary/aromatic N) is 1. The lowest BCUT2D eigenvalue weighted by Gasteiger charge is -2.34. The molecule has 3 N–H and O–H groups in total. The molecule has 18 heavy (non-hydrogen) atoms. The van der Waals surface area contributed by atoms with Crippen molar-refractivity contribution in [1.29, 1.82) is 0 Å². The first-order valence-electron chi connectivity index (χ1n) is 6.90. The Kier molecular flexibility index (Phi) is 6.12. The molecule has 0 aliphatic carbocycles. The molecule has 1 heterocycles. The summed E-state index contributed by atoms with van der Waals surface area (Å²) >= 11 is 0. The summed E-state index contributed by atoms with van der Waals surface area (Å²) in [5, 5.41) is 2.98. The minimum Gasteiger partial charge on any atom is -0.353 e. The Hall–Kier alpha value is -1.10. The molecule has 1 atom stereocenters. The van der Waals surface area contributed by atoms with Crippen LogP contribution in [-0.4, -0.2) is 42.4 Å². The van der Waals surface area contributed by atoms with Crippen molar-refractivity contribution < 1.29 is 9.59 Å². The van der Waals surface area contributed by atoms with E-state index in [0.717, 1.165) is 32.4 Å². The van der Waals surface area contributed by atoms with Crippen LogP contribution in [0.15, 0.2) is 0 Å². The third kappa shape index (κ3) is 3.98. The zero-order valence-corrected chi connectivity index (χ0v) is 11.4. The van der Waals surface area contributed by atoms with Crippen LogP contribution in [0.5, 0.6) is 0 Å². The minimum atomic E-state index is -0.0493. The molecule has 1 aliphatic heterocycles. The quantitative estimate of drug-likeness (QED) is 0.750. The molecule has 0 aromatic carbocycles. The van der Waals surface area contributed by atoms with Gasteiger partial charge in [-0.25, -0.2) is 0 Å². The van der Waals surface area contributed by atoms with E-state index in [4.69, 9.17) is 5.73 Å². The average molecular weight is 255 g/mol. The monoisotopic (exact) mass is 255 g/mol. The number of amides is 2. The van der Waals surface area contributed by atoms with Crippen LogP contribution < -0.4 is 11.1 Å². The molecule has 1 unspecified atom stereocenters. The van der Waals surface area contributed by atoms with Crippen molar-refractivity contribution in [2.24, 2.45) is 11.7 Å². The molecular formula is C13H25N3O2. The van der Waals surface area contributed by atoms with Crippen molar-refractivity contribution in [3.05, 3.63) is 0 Å². The molecular weight excluding hydrogens is 230 g/mol. The predicted octanol–water partition coefficient (Wildman–Crippen LogP) is 0.489. The molecule has 0 saturated carbocycles. The van der Waals surface area contributed by atoms with Crippen LogP contribution in [-0.2, 0) is 9.59 Å². The Bertz CT molecular complexity index is 282. The summed E-state index contributed by atoms with van der Waals surface area (Å²) in [7, 11) is 0. The molecule has 1 saturated heterocycles. The number of piperidine rings is 1. The molecule has 1 rings (SSSR count). The van der Waals surface area contributed by atoms with E-state index >= 15 is 0 Å². The van der Waals surface area contributed by atoms with Crippen LogP contribution in [0.1, 0.15) is 39.5 Å². The van der Waals surface area contributed by atoms with E-state index in [2.05, 4.69) is 5.32 Å². The predicted molar refractivity (Wildman–Crippen MR) is 70.9 cm³/mol. The van der Waals surface area contributed by atoms with Crippen LogP contribution in [0, 0.1) is 5.92 Å². The number of hydrogen-bond acceptors (Lipinski definition) is 3. The molecule has 0 bridgehead atoms. The van der Waals surface area contributed by atoms with Gasteiger partial charge in [-0.1, -0.05) is 13.8 Å². The lowest BCUT2D eigenvalue weighted by molar-refractivity contribution is -0.136. The largest absolute Gasteiger partial charge is 0.353 e. The van der Waals surface area contributed by atoms with Gasteiger partial charge < -0.3 is 16.0 Å². The second-order valence-electron chi connectivity index (χ2n) is 4.86. The van der Waals surface area contributed by atoms with E-state index < -0.39 is 0 Å². The van der Waals surface area contributed by atoms with Crippen LogP contribution in [0.25, 0.3) is 0 Å². The molecule has 0 spiro atoms. The number of rotatable bonds is 5. The van der Waals surface area contributed by atoms with E-state index in [1.165, 1.54) is 0 Å². The van der Waals surface area contributed by atoms with Gasteiger partial charge >= 0.3 is 0 Å². The second kappa shape index (κ2) is 7.36. The molecule has 0 radical (unpaired) electrons. The summed E-state index contributed by atoms with van der Waals surface area (Å²) in [6.45, 7) is 5.71. The highest BCUT2D eigenvalue weighted by molar-refractivity contribution is 5.79. The van der Waals surface area contributed by atoms with Gasteiger partial charge in [-0.05, 0) is 19.3 Å². The smallest absolute Gasteiger partial charge is 0.226 e. The van der Waals surface area contributed by atoms with E-state index in [1.54, 1.807) is 0 Å². The van der Waals surface area contributed by atoms with Crippen LogP contribution in [0.3, 0.4) is 0 Å². The summed E-state index contributed by atoms with van der Waals surface area (Å²) in [6.07, 6.45) is 3.00. The molecule has 104 valence electrons. The van der Waals surface area contributed by atoms with E-state index in [1.807, 2.05) is 18.7 Å². The minimum absolute atomic E-state index is 0.0493. The lowest BCUT2D eigenvalue weighted by Crippen LogP contribution is -2.48. The maximum atomic E-state index is 12.1. The fraction of sp³-hybridized carbons (Fsp3) is 0.846. The second-order valence-corrected chi connectivity index (χ2v) is 4.86. The third-order valence-electron chi connectivity index (χ3n) is 3.62. The third-order valence-corrected chi connectivity index (χ3v) is 3.62. The Balaban J connectivity index is 2.39. The number of nitrogens with one attached hydrogen (secondary N) is 1. The highest BCUT2D eigenvalue weighted by Gasteiger charge is 2.26. The number of likely N-dealkylation sites (tertiary alicyclic amines) is 1. The van der Waals surface area contributed by atoms with Crippen molar-refractivity contribution in [1.82, 2.24) is 10.2 Å². The van der Waals surface area contributed by atoms with Crippen molar-refractivity contribution in [3.8, 4) is 0 Å². The molecule has 2 amide bonds. The molecule has 5 nitrogen and oxygen atoms in total. The van der Waals surface area contributed by atoms with Crippen LogP contribution in [0.2, 0.25) is 0 Å². The zero-order valence-electron chi connectivity index (χ0n) is 11.4. The van der Waals surface area contributed by atoms with Gasteiger partial charge in [-0.3, -0.25) is 9.59 Å². The van der Waals surface area contributed by atoms with Gasteiger partial charge in [0.15, 0.2) is 0 Å². The summed E-state index contributed by atoms with van der Waals surface area (Å²) in [6, 6.07) is 0.222. The Labute approximate surface area is 109 Å². The maximum absolute atomic E-state index is 12.1. The van der Waals surface area contributed by atoms with E-state index in [-0.39, 0.29) is 23.8 Å². The maximum Gasteiger partial charge on any atom is 0.226 e. The molecule has 0 aromatic heterocycles.